The highest BCUT2D eigenvalue weighted by molar-refractivity contribution is 6.32. The normalized spacial score (nSPS) is 15.5. The molecule has 1 saturated carbocycles. The van der Waals surface area contributed by atoms with Gasteiger partial charge in [0.2, 0.25) is 0 Å². The zero-order chi connectivity index (χ0) is 10.4. The second-order valence-corrected chi connectivity index (χ2v) is 4.06. The van der Waals surface area contributed by atoms with Gasteiger partial charge in [0, 0.05) is 6.04 Å². The Labute approximate surface area is 91.1 Å². The fourth-order valence-electron chi connectivity index (χ4n) is 1.63. The number of hydrogen-bond acceptors (Lipinski definition) is 3. The van der Waals surface area contributed by atoms with Crippen molar-refractivity contribution >= 4 is 22.8 Å². The molecule has 1 aliphatic carbocycles. The molecule has 3 rings (SSSR count). The van der Waals surface area contributed by atoms with Crippen molar-refractivity contribution < 1.29 is 0 Å². The molecular weight excluding hydrogens is 212 g/mol. The van der Waals surface area contributed by atoms with E-state index in [0.717, 1.165) is 24.0 Å². The number of nitriles is 1. The number of fused-ring (bicyclic) bond motifs is 1. The molecule has 0 aromatic carbocycles. The molecule has 0 aliphatic heterocycles. The Morgan fingerprint density at radius 3 is 3.00 bits per heavy atom. The van der Waals surface area contributed by atoms with Gasteiger partial charge in [-0.2, -0.15) is 5.26 Å². The molecule has 0 unspecified atom stereocenters. The summed E-state index contributed by atoms with van der Waals surface area (Å²) in [5, 5.41) is 9.20. The first-order valence-electron chi connectivity index (χ1n) is 4.73. The topological polar surface area (TPSA) is 54.5 Å². The van der Waals surface area contributed by atoms with Crippen LogP contribution in [0.25, 0.3) is 11.2 Å². The van der Waals surface area contributed by atoms with Crippen LogP contribution in [0.4, 0.5) is 0 Å². The lowest BCUT2D eigenvalue weighted by molar-refractivity contribution is 0.757. The lowest BCUT2D eigenvalue weighted by Crippen LogP contribution is -1.95. The fourth-order valence-corrected chi connectivity index (χ4v) is 1.82. The molecule has 2 aromatic rings. The Morgan fingerprint density at radius 1 is 1.53 bits per heavy atom. The predicted molar refractivity (Wildman–Crippen MR) is 55.5 cm³/mol. The number of halogens is 1. The maximum atomic E-state index is 8.83. The second-order valence-electron chi connectivity index (χ2n) is 3.66. The summed E-state index contributed by atoms with van der Waals surface area (Å²) in [6.45, 7) is 0. The first-order chi connectivity index (χ1) is 7.29. The zero-order valence-corrected chi connectivity index (χ0v) is 8.57. The smallest absolute Gasteiger partial charge is 0.161 e. The van der Waals surface area contributed by atoms with Crippen molar-refractivity contribution in [3.8, 4) is 6.07 Å². The van der Waals surface area contributed by atoms with Gasteiger partial charge in [0.1, 0.15) is 11.6 Å². The molecule has 15 heavy (non-hydrogen) atoms. The maximum Gasteiger partial charge on any atom is 0.161 e. The molecule has 0 bridgehead atoms. The van der Waals surface area contributed by atoms with Crippen LogP contribution in [0, 0.1) is 11.3 Å². The van der Waals surface area contributed by atoms with Crippen LogP contribution in [0.1, 0.15) is 24.6 Å². The summed E-state index contributed by atoms with van der Waals surface area (Å²) in [6.07, 6.45) is 4.10. The van der Waals surface area contributed by atoms with E-state index < -0.39 is 0 Å². The summed E-state index contributed by atoms with van der Waals surface area (Å²) < 4.78 is 2.02. The standard InChI is InChI=1S/C10H7ClN4/c11-7-3-8-10(14-9(7)4-12)15(5-13-8)6-1-2-6/h3,5-6H,1-2H2. The molecule has 1 aliphatic rings. The van der Waals surface area contributed by atoms with Gasteiger partial charge in [-0.1, -0.05) is 11.6 Å². The molecule has 0 saturated heterocycles. The van der Waals surface area contributed by atoms with E-state index in [1.807, 2.05) is 10.6 Å². The lowest BCUT2D eigenvalue weighted by Gasteiger charge is -2.00. The number of imidazole rings is 1. The molecule has 1 fully saturated rings. The Hall–Kier alpha value is -1.60. The third kappa shape index (κ3) is 1.28. The minimum atomic E-state index is 0.270. The van der Waals surface area contributed by atoms with Crippen LogP contribution in [0.15, 0.2) is 12.4 Å². The summed E-state index contributed by atoms with van der Waals surface area (Å²) in [6, 6.07) is 4.18. The molecule has 0 amide bonds. The summed E-state index contributed by atoms with van der Waals surface area (Å²) in [5.74, 6) is 0. The number of rotatable bonds is 1. The van der Waals surface area contributed by atoms with Crippen molar-refractivity contribution in [2.75, 3.05) is 0 Å². The minimum absolute atomic E-state index is 0.270. The highest BCUT2D eigenvalue weighted by Crippen LogP contribution is 2.37. The fraction of sp³-hybridized carbons (Fsp3) is 0.300. The van der Waals surface area contributed by atoms with Gasteiger partial charge >= 0.3 is 0 Å². The maximum absolute atomic E-state index is 8.83. The summed E-state index contributed by atoms with van der Waals surface area (Å²) in [7, 11) is 0. The van der Waals surface area contributed by atoms with E-state index in [0.29, 0.717) is 11.1 Å². The third-order valence-electron chi connectivity index (χ3n) is 2.55. The molecule has 74 valence electrons. The van der Waals surface area contributed by atoms with Crippen molar-refractivity contribution in [3.05, 3.63) is 23.1 Å². The summed E-state index contributed by atoms with van der Waals surface area (Å²) in [4.78, 5) is 8.44. The van der Waals surface area contributed by atoms with Crippen LogP contribution in [0.2, 0.25) is 5.02 Å². The van der Waals surface area contributed by atoms with Gasteiger partial charge in [-0.15, -0.1) is 0 Å². The van der Waals surface area contributed by atoms with E-state index >= 15 is 0 Å². The monoisotopic (exact) mass is 218 g/mol. The van der Waals surface area contributed by atoms with Crippen LogP contribution < -0.4 is 0 Å². The quantitative estimate of drug-likeness (QED) is 0.738. The van der Waals surface area contributed by atoms with Gasteiger partial charge < -0.3 is 4.57 Å². The van der Waals surface area contributed by atoms with Crippen LogP contribution in [-0.4, -0.2) is 14.5 Å². The zero-order valence-electron chi connectivity index (χ0n) is 7.81. The third-order valence-corrected chi connectivity index (χ3v) is 2.84. The molecule has 0 spiro atoms. The van der Waals surface area contributed by atoms with Crippen LogP contribution in [0.3, 0.4) is 0 Å². The molecule has 0 N–H and O–H groups in total. The SMILES string of the molecule is N#Cc1nc2c(cc1Cl)ncn2C1CC1. The van der Waals surface area contributed by atoms with E-state index in [-0.39, 0.29) is 5.69 Å². The van der Waals surface area contributed by atoms with Gasteiger partial charge in [0.15, 0.2) is 11.3 Å². The molecule has 0 radical (unpaired) electrons. The average Bonchev–Trinajstić information content (AvgIpc) is 2.99. The molecule has 2 aromatic heterocycles. The molecule has 5 heteroatoms. The Bertz CT molecular complexity index is 577. The van der Waals surface area contributed by atoms with Gasteiger partial charge in [-0.25, -0.2) is 9.97 Å². The van der Waals surface area contributed by atoms with Crippen LogP contribution >= 0.6 is 11.6 Å². The lowest BCUT2D eigenvalue weighted by atomic mass is 10.3. The average molecular weight is 219 g/mol. The Kier molecular flexibility index (Phi) is 1.70. The Morgan fingerprint density at radius 2 is 2.33 bits per heavy atom. The first-order valence-corrected chi connectivity index (χ1v) is 5.10. The number of aromatic nitrogens is 3. The first kappa shape index (κ1) is 8.69. The number of nitrogens with zero attached hydrogens (tertiary/aromatic N) is 4. The highest BCUT2D eigenvalue weighted by atomic mass is 35.5. The van der Waals surface area contributed by atoms with Crippen molar-refractivity contribution in [1.29, 1.82) is 5.26 Å². The van der Waals surface area contributed by atoms with Gasteiger partial charge in [0.25, 0.3) is 0 Å². The van der Waals surface area contributed by atoms with Gasteiger partial charge in [-0.05, 0) is 18.9 Å². The molecule has 2 heterocycles. The second kappa shape index (κ2) is 2.94. The van der Waals surface area contributed by atoms with Gasteiger partial charge in [-0.3, -0.25) is 0 Å². The molecule has 0 atom stereocenters. The Balaban J connectivity index is 2.29. The van der Waals surface area contributed by atoms with E-state index in [4.69, 9.17) is 16.9 Å². The van der Waals surface area contributed by atoms with Crippen LogP contribution in [0.5, 0.6) is 0 Å². The minimum Gasteiger partial charge on any atom is -0.312 e. The van der Waals surface area contributed by atoms with Crippen LogP contribution in [-0.2, 0) is 0 Å². The summed E-state index contributed by atoms with van der Waals surface area (Å²) in [5.41, 5.74) is 1.79. The van der Waals surface area contributed by atoms with Crippen molar-refractivity contribution in [1.82, 2.24) is 14.5 Å². The van der Waals surface area contributed by atoms with E-state index in [1.165, 1.54) is 0 Å². The largest absolute Gasteiger partial charge is 0.312 e. The number of pyridine rings is 1. The van der Waals surface area contributed by atoms with E-state index in [2.05, 4.69) is 9.97 Å². The molecular formula is C10H7ClN4. The summed E-state index contributed by atoms with van der Waals surface area (Å²) >= 11 is 5.87. The van der Waals surface area contributed by atoms with Crippen molar-refractivity contribution in [2.24, 2.45) is 0 Å². The van der Waals surface area contributed by atoms with E-state index in [1.54, 1.807) is 12.4 Å². The van der Waals surface area contributed by atoms with E-state index in [9.17, 15) is 0 Å². The van der Waals surface area contributed by atoms with Crippen molar-refractivity contribution in [3.63, 3.8) is 0 Å². The van der Waals surface area contributed by atoms with Gasteiger partial charge in [0.05, 0.1) is 11.3 Å². The molecule has 4 nitrogen and oxygen atoms in total. The highest BCUT2D eigenvalue weighted by Gasteiger charge is 2.25. The van der Waals surface area contributed by atoms with Crippen molar-refractivity contribution in [2.45, 2.75) is 18.9 Å². The predicted octanol–water partition coefficient (Wildman–Crippen LogP) is 2.29. The number of hydrogen-bond donors (Lipinski definition) is 0.